The number of halogens is 1. The van der Waals surface area contributed by atoms with Crippen molar-refractivity contribution in [3.05, 3.63) is 76.8 Å². The van der Waals surface area contributed by atoms with Crippen LogP contribution in [0, 0.1) is 0 Å². The summed E-state index contributed by atoms with van der Waals surface area (Å²) in [4.78, 5) is 16.9. The van der Waals surface area contributed by atoms with E-state index in [1.54, 1.807) is 16.9 Å². The maximum absolute atomic E-state index is 12.7. The Morgan fingerprint density at radius 1 is 1.23 bits per heavy atom. The average molecular weight is 425 g/mol. The quantitative estimate of drug-likeness (QED) is 0.608. The first-order valence-electron chi connectivity index (χ1n) is 10.3. The number of hydrogen-bond acceptors (Lipinski definition) is 4. The van der Waals surface area contributed by atoms with E-state index in [4.69, 9.17) is 11.6 Å². The van der Waals surface area contributed by atoms with Gasteiger partial charge in [-0.15, -0.1) is 0 Å². The third kappa shape index (κ3) is 5.07. The SMILES string of the molecule is O=C(N[C@H]1CCCC[C@H](O)C1)c1cc(Cc2ccc(-n3cccn3)cc2)c(Cl)cn1. The fraction of sp³-hybridized carbons (Fsp3) is 0.348. The normalized spacial score (nSPS) is 19.3. The molecule has 3 aromatic rings. The smallest absolute Gasteiger partial charge is 0.270 e. The monoisotopic (exact) mass is 424 g/mol. The zero-order chi connectivity index (χ0) is 20.9. The highest BCUT2D eigenvalue weighted by Gasteiger charge is 2.21. The van der Waals surface area contributed by atoms with Crippen LogP contribution in [0.2, 0.25) is 5.02 Å². The van der Waals surface area contributed by atoms with E-state index in [1.165, 1.54) is 6.20 Å². The number of carbonyl (C=O) groups excluding carboxylic acids is 1. The fourth-order valence-corrected chi connectivity index (χ4v) is 4.04. The molecule has 0 saturated heterocycles. The van der Waals surface area contributed by atoms with Gasteiger partial charge < -0.3 is 10.4 Å². The number of amides is 1. The van der Waals surface area contributed by atoms with E-state index in [0.29, 0.717) is 23.6 Å². The molecule has 2 heterocycles. The molecule has 7 heteroatoms. The summed E-state index contributed by atoms with van der Waals surface area (Å²) in [6, 6.07) is 11.7. The first kappa shape index (κ1) is 20.6. The molecule has 156 valence electrons. The third-order valence-corrected chi connectivity index (χ3v) is 5.84. The fourth-order valence-electron chi connectivity index (χ4n) is 3.87. The number of pyridine rings is 1. The van der Waals surface area contributed by atoms with Crippen molar-refractivity contribution in [1.29, 1.82) is 0 Å². The minimum Gasteiger partial charge on any atom is -0.393 e. The van der Waals surface area contributed by atoms with Crippen LogP contribution in [0.15, 0.2) is 55.0 Å². The van der Waals surface area contributed by atoms with E-state index >= 15 is 0 Å². The Labute approximate surface area is 180 Å². The highest BCUT2D eigenvalue weighted by molar-refractivity contribution is 6.31. The predicted molar refractivity (Wildman–Crippen MR) is 116 cm³/mol. The molecule has 4 rings (SSSR count). The van der Waals surface area contributed by atoms with Crippen molar-refractivity contribution in [2.45, 2.75) is 50.7 Å². The van der Waals surface area contributed by atoms with Gasteiger partial charge >= 0.3 is 0 Å². The maximum Gasteiger partial charge on any atom is 0.270 e. The van der Waals surface area contributed by atoms with E-state index in [-0.39, 0.29) is 18.1 Å². The minimum atomic E-state index is -0.351. The Bertz CT molecular complexity index is 989. The average Bonchev–Trinajstić information content (AvgIpc) is 3.20. The molecule has 1 aliphatic carbocycles. The van der Waals surface area contributed by atoms with Gasteiger partial charge in [0, 0.05) is 24.6 Å². The Morgan fingerprint density at radius 3 is 2.80 bits per heavy atom. The molecule has 1 fully saturated rings. The van der Waals surface area contributed by atoms with Gasteiger partial charge in [-0.25, -0.2) is 9.67 Å². The van der Waals surface area contributed by atoms with Crippen LogP contribution in [-0.2, 0) is 6.42 Å². The van der Waals surface area contributed by atoms with Gasteiger partial charge in [0.25, 0.3) is 5.91 Å². The van der Waals surface area contributed by atoms with Crippen molar-refractivity contribution >= 4 is 17.5 Å². The van der Waals surface area contributed by atoms with Crippen LogP contribution in [0.3, 0.4) is 0 Å². The molecule has 2 atom stereocenters. The van der Waals surface area contributed by atoms with Gasteiger partial charge in [-0.3, -0.25) is 4.79 Å². The predicted octanol–water partition coefficient (Wildman–Crippen LogP) is 3.93. The summed E-state index contributed by atoms with van der Waals surface area (Å²) < 4.78 is 1.80. The van der Waals surface area contributed by atoms with E-state index < -0.39 is 0 Å². The van der Waals surface area contributed by atoms with E-state index in [1.807, 2.05) is 36.5 Å². The molecule has 0 aliphatic heterocycles. The van der Waals surface area contributed by atoms with Gasteiger partial charge in [-0.1, -0.05) is 36.6 Å². The van der Waals surface area contributed by atoms with Crippen LogP contribution in [0.4, 0.5) is 0 Å². The van der Waals surface area contributed by atoms with E-state index in [2.05, 4.69) is 15.4 Å². The lowest BCUT2D eigenvalue weighted by Crippen LogP contribution is -2.36. The van der Waals surface area contributed by atoms with Crippen molar-refractivity contribution in [2.24, 2.45) is 0 Å². The highest BCUT2D eigenvalue weighted by Crippen LogP contribution is 2.22. The molecule has 0 unspecified atom stereocenters. The van der Waals surface area contributed by atoms with Gasteiger partial charge in [-0.2, -0.15) is 5.10 Å². The van der Waals surface area contributed by atoms with Crippen LogP contribution >= 0.6 is 11.6 Å². The molecule has 1 amide bonds. The van der Waals surface area contributed by atoms with Crippen molar-refractivity contribution in [3.8, 4) is 5.69 Å². The molecule has 2 N–H and O–H groups in total. The molecule has 30 heavy (non-hydrogen) atoms. The summed E-state index contributed by atoms with van der Waals surface area (Å²) in [5.41, 5.74) is 3.26. The van der Waals surface area contributed by atoms with Crippen LogP contribution < -0.4 is 5.32 Å². The number of rotatable bonds is 5. The third-order valence-electron chi connectivity index (χ3n) is 5.50. The Kier molecular flexibility index (Phi) is 6.45. The summed E-state index contributed by atoms with van der Waals surface area (Å²) in [6.07, 6.45) is 9.70. The first-order chi connectivity index (χ1) is 14.6. The number of aliphatic hydroxyl groups is 1. The maximum atomic E-state index is 12.7. The largest absolute Gasteiger partial charge is 0.393 e. The number of carbonyl (C=O) groups is 1. The lowest BCUT2D eigenvalue weighted by Gasteiger charge is -2.18. The summed E-state index contributed by atoms with van der Waals surface area (Å²) >= 11 is 6.35. The lowest BCUT2D eigenvalue weighted by molar-refractivity contribution is 0.0908. The molecule has 1 aromatic carbocycles. The number of nitrogens with one attached hydrogen (secondary N) is 1. The van der Waals surface area contributed by atoms with Gasteiger partial charge in [0.05, 0.1) is 16.8 Å². The van der Waals surface area contributed by atoms with Gasteiger partial charge in [0.1, 0.15) is 5.69 Å². The van der Waals surface area contributed by atoms with Crippen LogP contribution in [0.1, 0.15) is 53.7 Å². The van der Waals surface area contributed by atoms with Crippen molar-refractivity contribution in [1.82, 2.24) is 20.1 Å². The molecular formula is C23H25ClN4O2. The standard InChI is InChI=1S/C23H25ClN4O2/c24-21-15-25-22(23(30)27-18-4-1-2-5-20(29)14-18)13-17(21)12-16-6-8-19(9-7-16)28-11-3-10-26-28/h3,6-11,13,15,18,20,29H,1-2,4-5,12,14H2,(H,27,30)/t18-,20-/m0/s1. The zero-order valence-electron chi connectivity index (χ0n) is 16.7. The van der Waals surface area contributed by atoms with Gasteiger partial charge in [0.15, 0.2) is 0 Å². The van der Waals surface area contributed by atoms with Crippen molar-refractivity contribution < 1.29 is 9.90 Å². The van der Waals surface area contributed by atoms with Crippen LogP contribution in [0.25, 0.3) is 5.69 Å². The Hall–Kier alpha value is -2.70. The van der Waals surface area contributed by atoms with E-state index in [0.717, 1.165) is 42.5 Å². The summed E-state index contributed by atoms with van der Waals surface area (Å²) in [7, 11) is 0. The topological polar surface area (TPSA) is 80.0 Å². The van der Waals surface area contributed by atoms with Crippen LogP contribution in [-0.4, -0.2) is 37.9 Å². The first-order valence-corrected chi connectivity index (χ1v) is 10.7. The molecule has 1 aliphatic rings. The Balaban J connectivity index is 1.45. The number of benzene rings is 1. The number of hydrogen-bond donors (Lipinski definition) is 2. The molecule has 0 bridgehead atoms. The molecule has 2 aromatic heterocycles. The minimum absolute atomic E-state index is 0.0224. The molecule has 6 nitrogen and oxygen atoms in total. The van der Waals surface area contributed by atoms with Crippen LogP contribution in [0.5, 0.6) is 0 Å². The highest BCUT2D eigenvalue weighted by atomic mass is 35.5. The summed E-state index contributed by atoms with van der Waals surface area (Å²) in [6.45, 7) is 0. The second kappa shape index (κ2) is 9.41. The lowest BCUT2D eigenvalue weighted by atomic mass is 10.0. The van der Waals surface area contributed by atoms with E-state index in [9.17, 15) is 9.90 Å². The molecular weight excluding hydrogens is 400 g/mol. The second-order valence-corrected chi connectivity index (χ2v) is 8.21. The summed E-state index contributed by atoms with van der Waals surface area (Å²) in [5, 5.41) is 17.8. The van der Waals surface area contributed by atoms with Gasteiger partial charge in [-0.05, 0) is 61.1 Å². The zero-order valence-corrected chi connectivity index (χ0v) is 17.4. The van der Waals surface area contributed by atoms with Crippen molar-refractivity contribution in [3.63, 3.8) is 0 Å². The number of aliphatic hydroxyl groups excluding tert-OH is 1. The summed E-state index contributed by atoms with van der Waals surface area (Å²) in [5.74, 6) is -0.221. The van der Waals surface area contributed by atoms with Crippen molar-refractivity contribution in [2.75, 3.05) is 0 Å². The molecule has 0 spiro atoms. The Morgan fingerprint density at radius 2 is 2.03 bits per heavy atom. The van der Waals surface area contributed by atoms with Gasteiger partial charge in [0.2, 0.25) is 0 Å². The number of nitrogens with zero attached hydrogens (tertiary/aromatic N) is 3. The second-order valence-electron chi connectivity index (χ2n) is 7.80. The number of aromatic nitrogens is 3. The molecule has 0 radical (unpaired) electrons. The molecule has 1 saturated carbocycles.